The minimum atomic E-state index is -0.835. The Labute approximate surface area is 186 Å². The number of thiophene rings is 1. The Morgan fingerprint density at radius 2 is 1.90 bits per heavy atom. The third kappa shape index (κ3) is 4.53. The smallest absolute Gasteiger partial charge is 0.308 e. The summed E-state index contributed by atoms with van der Waals surface area (Å²) in [5.41, 5.74) is 9.23. The van der Waals surface area contributed by atoms with Crippen molar-refractivity contribution in [2.45, 2.75) is 26.2 Å². The highest BCUT2D eigenvalue weighted by Crippen LogP contribution is 2.40. The molecule has 0 saturated heterocycles. The maximum atomic E-state index is 10.9. The summed E-state index contributed by atoms with van der Waals surface area (Å²) in [6.07, 6.45) is 0.0244. The average molecular weight is 457 g/mol. The number of nitrogens with two attached hydrogens (primary N) is 1. The van der Waals surface area contributed by atoms with Crippen LogP contribution in [0, 0.1) is 0 Å². The number of carboxylic acid groups (broad SMARTS) is 1. The zero-order chi connectivity index (χ0) is 21.3. The molecule has 0 saturated carbocycles. The molecule has 0 spiro atoms. The molecular formula is C21H20N4O2S3. The second-order valence-electron chi connectivity index (χ2n) is 7.01. The van der Waals surface area contributed by atoms with Gasteiger partial charge < -0.3 is 16.2 Å². The maximum Gasteiger partial charge on any atom is 0.308 e. The summed E-state index contributed by atoms with van der Waals surface area (Å²) >= 11 is 4.41. The van der Waals surface area contributed by atoms with Crippen molar-refractivity contribution in [3.63, 3.8) is 0 Å². The molecular weight excluding hydrogens is 436 g/mol. The minimum Gasteiger partial charge on any atom is -0.481 e. The Morgan fingerprint density at radius 1 is 1.13 bits per heavy atom. The van der Waals surface area contributed by atoms with Gasteiger partial charge in [0, 0.05) is 15.9 Å². The number of anilines is 3. The fourth-order valence-electron chi connectivity index (χ4n) is 2.86. The number of aliphatic carboxylic acids is 1. The highest BCUT2D eigenvalue weighted by molar-refractivity contribution is 7.24. The van der Waals surface area contributed by atoms with Crippen LogP contribution in [0.5, 0.6) is 0 Å². The largest absolute Gasteiger partial charge is 0.481 e. The number of hydrogen-bond acceptors (Lipinski definition) is 8. The van der Waals surface area contributed by atoms with Crippen molar-refractivity contribution in [1.82, 2.24) is 9.97 Å². The van der Waals surface area contributed by atoms with E-state index in [1.165, 1.54) is 39.6 Å². The quantitative estimate of drug-likeness (QED) is 0.312. The third-order valence-corrected chi connectivity index (χ3v) is 7.51. The van der Waals surface area contributed by atoms with Crippen molar-refractivity contribution in [3.8, 4) is 20.5 Å². The van der Waals surface area contributed by atoms with Crippen LogP contribution in [0.4, 0.5) is 16.6 Å². The van der Waals surface area contributed by atoms with E-state index in [4.69, 9.17) is 15.8 Å². The van der Waals surface area contributed by atoms with Crippen LogP contribution in [0.1, 0.15) is 30.2 Å². The summed E-state index contributed by atoms with van der Waals surface area (Å²) in [6.45, 7) is 4.34. The van der Waals surface area contributed by atoms with E-state index in [0.717, 1.165) is 36.2 Å². The van der Waals surface area contributed by atoms with Gasteiger partial charge in [-0.25, -0.2) is 9.97 Å². The summed E-state index contributed by atoms with van der Waals surface area (Å²) < 4.78 is 0. The molecule has 0 bridgehead atoms. The molecule has 0 amide bonds. The van der Waals surface area contributed by atoms with Gasteiger partial charge in [-0.3, -0.25) is 4.79 Å². The molecule has 4 N–H and O–H groups in total. The lowest BCUT2D eigenvalue weighted by Crippen LogP contribution is -1.96. The summed E-state index contributed by atoms with van der Waals surface area (Å²) in [5.74, 6) is 0.0995. The van der Waals surface area contributed by atoms with Crippen molar-refractivity contribution >= 4 is 56.6 Å². The number of aromatic nitrogens is 2. The standard InChI is InChI=1S/C21H20N4O2S3/c1-11(2)12-3-5-13(6-4-12)23-21-25-19(22)18(30-21)20-24-15(10-28-20)16-8-7-14(29-16)9-17(26)27/h3-8,10-11H,9,22H2,1-2H3,(H,23,25)(H,26,27). The number of nitrogens with one attached hydrogen (secondary N) is 1. The maximum absolute atomic E-state index is 10.9. The predicted molar refractivity (Wildman–Crippen MR) is 126 cm³/mol. The van der Waals surface area contributed by atoms with Crippen molar-refractivity contribution < 1.29 is 9.90 Å². The second-order valence-corrected chi connectivity index (χ2v) is 10.0. The number of nitrogens with zero attached hydrogens (tertiary/aromatic N) is 2. The molecule has 0 atom stereocenters. The molecule has 0 radical (unpaired) electrons. The molecule has 9 heteroatoms. The van der Waals surface area contributed by atoms with Gasteiger partial charge in [-0.05, 0) is 35.7 Å². The zero-order valence-electron chi connectivity index (χ0n) is 16.4. The molecule has 4 aromatic rings. The molecule has 0 aliphatic carbocycles. The van der Waals surface area contributed by atoms with E-state index in [0.29, 0.717) is 11.7 Å². The van der Waals surface area contributed by atoms with Gasteiger partial charge in [0.1, 0.15) is 15.7 Å². The lowest BCUT2D eigenvalue weighted by atomic mass is 10.0. The summed E-state index contributed by atoms with van der Waals surface area (Å²) in [7, 11) is 0. The van der Waals surface area contributed by atoms with E-state index in [9.17, 15) is 4.79 Å². The Balaban J connectivity index is 1.52. The highest BCUT2D eigenvalue weighted by Gasteiger charge is 2.16. The SMILES string of the molecule is CC(C)c1ccc(Nc2nc(N)c(-c3nc(-c4ccc(CC(=O)O)s4)cs3)s2)cc1. The number of hydrogen-bond donors (Lipinski definition) is 3. The molecule has 0 unspecified atom stereocenters. The fraction of sp³-hybridized carbons (Fsp3) is 0.190. The first kappa shape index (κ1) is 20.5. The highest BCUT2D eigenvalue weighted by atomic mass is 32.1. The molecule has 3 heterocycles. The lowest BCUT2D eigenvalue weighted by Gasteiger charge is -2.07. The van der Waals surface area contributed by atoms with Gasteiger partial charge in [0.05, 0.1) is 17.0 Å². The molecule has 154 valence electrons. The summed E-state index contributed by atoms with van der Waals surface area (Å²) in [6, 6.07) is 12.0. The Bertz CT molecular complexity index is 1180. The van der Waals surface area contributed by atoms with Crippen molar-refractivity contribution in [3.05, 3.63) is 52.2 Å². The van der Waals surface area contributed by atoms with Crippen molar-refractivity contribution in [2.75, 3.05) is 11.1 Å². The van der Waals surface area contributed by atoms with Gasteiger partial charge in [0.25, 0.3) is 0 Å². The molecule has 0 fully saturated rings. The van der Waals surface area contributed by atoms with E-state index in [1.54, 1.807) is 0 Å². The van der Waals surface area contributed by atoms with Gasteiger partial charge in [0.15, 0.2) is 5.13 Å². The first-order chi connectivity index (χ1) is 14.4. The van der Waals surface area contributed by atoms with Crippen LogP contribution >= 0.6 is 34.0 Å². The van der Waals surface area contributed by atoms with Crippen LogP contribution in [0.3, 0.4) is 0 Å². The molecule has 0 aliphatic heterocycles. The van der Waals surface area contributed by atoms with Crippen LogP contribution in [0.2, 0.25) is 0 Å². The van der Waals surface area contributed by atoms with E-state index >= 15 is 0 Å². The van der Waals surface area contributed by atoms with Crippen molar-refractivity contribution in [2.24, 2.45) is 0 Å². The number of rotatable bonds is 7. The molecule has 30 heavy (non-hydrogen) atoms. The summed E-state index contributed by atoms with van der Waals surface area (Å²) in [5, 5.41) is 15.7. The van der Waals surface area contributed by atoms with E-state index in [-0.39, 0.29) is 6.42 Å². The number of benzene rings is 1. The topological polar surface area (TPSA) is 101 Å². The number of thiazole rings is 2. The summed E-state index contributed by atoms with van der Waals surface area (Å²) in [4.78, 5) is 22.6. The van der Waals surface area contributed by atoms with Crippen LogP contribution in [0.15, 0.2) is 41.8 Å². The molecule has 1 aromatic carbocycles. The predicted octanol–water partition coefficient (Wildman–Crippen LogP) is 6.07. The molecule has 4 rings (SSSR count). The van der Waals surface area contributed by atoms with Crippen LogP contribution in [-0.4, -0.2) is 21.0 Å². The minimum absolute atomic E-state index is 0.0244. The van der Waals surface area contributed by atoms with Gasteiger partial charge in [-0.15, -0.1) is 22.7 Å². The Kier molecular flexibility index (Phi) is 5.85. The number of nitrogen functional groups attached to an aromatic ring is 1. The van der Waals surface area contributed by atoms with Crippen molar-refractivity contribution in [1.29, 1.82) is 0 Å². The molecule has 6 nitrogen and oxygen atoms in total. The first-order valence-electron chi connectivity index (χ1n) is 9.29. The third-order valence-electron chi connectivity index (χ3n) is 4.42. The molecule has 0 aliphatic rings. The monoisotopic (exact) mass is 456 g/mol. The van der Waals surface area contributed by atoms with Crippen LogP contribution in [0.25, 0.3) is 20.5 Å². The van der Waals surface area contributed by atoms with E-state index in [2.05, 4.69) is 36.3 Å². The van der Waals surface area contributed by atoms with E-state index < -0.39 is 5.97 Å². The van der Waals surface area contributed by atoms with Gasteiger partial charge in [-0.1, -0.05) is 37.3 Å². The average Bonchev–Trinajstić information content (AvgIpc) is 3.41. The van der Waals surface area contributed by atoms with Gasteiger partial charge in [-0.2, -0.15) is 0 Å². The van der Waals surface area contributed by atoms with Crippen LogP contribution in [-0.2, 0) is 11.2 Å². The van der Waals surface area contributed by atoms with Gasteiger partial charge >= 0.3 is 5.97 Å². The second kappa shape index (κ2) is 8.55. The normalized spacial score (nSPS) is 11.2. The number of carbonyl (C=O) groups is 1. The fourth-order valence-corrected chi connectivity index (χ4v) is 5.72. The molecule has 3 aromatic heterocycles. The Hall–Kier alpha value is -2.75. The van der Waals surface area contributed by atoms with Gasteiger partial charge in [0.2, 0.25) is 0 Å². The Morgan fingerprint density at radius 3 is 2.60 bits per heavy atom. The van der Waals surface area contributed by atoms with E-state index in [1.807, 2.05) is 29.6 Å². The number of carboxylic acids is 1. The lowest BCUT2D eigenvalue weighted by molar-refractivity contribution is -0.136. The van der Waals surface area contributed by atoms with Crippen LogP contribution < -0.4 is 11.1 Å². The first-order valence-corrected chi connectivity index (χ1v) is 11.8. The zero-order valence-corrected chi connectivity index (χ0v) is 18.8.